The Labute approximate surface area is 144 Å². The lowest BCUT2D eigenvalue weighted by molar-refractivity contribution is -0.128. The number of aromatic nitrogens is 2. The third-order valence-corrected chi connectivity index (χ3v) is 4.43. The summed E-state index contributed by atoms with van der Waals surface area (Å²) in [5, 5.41) is 2.79. The summed E-state index contributed by atoms with van der Waals surface area (Å²) in [6, 6.07) is 17.4. The average Bonchev–Trinajstić information content (AvgIpc) is 3.19. The minimum Gasteiger partial charge on any atom is -0.338 e. The first-order valence-electron chi connectivity index (χ1n) is 8.26. The van der Waals surface area contributed by atoms with Crippen molar-refractivity contribution in [1.82, 2.24) is 14.9 Å². The largest absolute Gasteiger partial charge is 0.338 e. The van der Waals surface area contributed by atoms with Gasteiger partial charge in [0.05, 0.1) is 17.0 Å². The zero-order chi connectivity index (χ0) is 17.2. The van der Waals surface area contributed by atoms with E-state index in [0.717, 1.165) is 16.6 Å². The van der Waals surface area contributed by atoms with Crippen LogP contribution in [0.5, 0.6) is 0 Å². The van der Waals surface area contributed by atoms with Crippen LogP contribution in [0.15, 0.2) is 54.6 Å². The molecule has 2 heterocycles. The quantitative estimate of drug-likeness (QED) is 0.770. The number of carbonyl (C=O) groups excluding carboxylic acids is 2. The van der Waals surface area contributed by atoms with Gasteiger partial charge in [-0.2, -0.15) is 0 Å². The van der Waals surface area contributed by atoms with E-state index in [-0.39, 0.29) is 24.2 Å². The van der Waals surface area contributed by atoms with E-state index < -0.39 is 0 Å². The van der Waals surface area contributed by atoms with Crippen molar-refractivity contribution in [2.24, 2.45) is 5.92 Å². The highest BCUT2D eigenvalue weighted by Crippen LogP contribution is 2.22. The molecular formula is C19H18N4O2. The maximum Gasteiger partial charge on any atom is 0.232 e. The third-order valence-electron chi connectivity index (χ3n) is 4.43. The van der Waals surface area contributed by atoms with E-state index in [1.54, 1.807) is 4.90 Å². The highest BCUT2D eigenvalue weighted by atomic mass is 16.2. The highest BCUT2D eigenvalue weighted by Gasteiger charge is 2.34. The van der Waals surface area contributed by atoms with Crippen molar-refractivity contribution in [3.05, 3.63) is 60.2 Å². The van der Waals surface area contributed by atoms with Crippen LogP contribution in [0.4, 0.5) is 5.95 Å². The Morgan fingerprint density at radius 1 is 1.16 bits per heavy atom. The molecule has 2 amide bonds. The number of para-hydroxylation sites is 2. The second kappa shape index (κ2) is 6.39. The number of hydrogen-bond donors (Lipinski definition) is 2. The number of likely N-dealkylation sites (tertiary alicyclic amines) is 1. The Hall–Kier alpha value is -3.15. The first kappa shape index (κ1) is 15.4. The van der Waals surface area contributed by atoms with Crippen LogP contribution < -0.4 is 5.32 Å². The summed E-state index contributed by atoms with van der Waals surface area (Å²) in [6.07, 6.45) is 0.235. The smallest absolute Gasteiger partial charge is 0.232 e. The first-order valence-corrected chi connectivity index (χ1v) is 8.26. The molecule has 126 valence electrons. The lowest BCUT2D eigenvalue weighted by Crippen LogP contribution is -2.28. The second-order valence-corrected chi connectivity index (χ2v) is 6.25. The summed E-state index contributed by atoms with van der Waals surface area (Å²) in [5.74, 6) is -0.110. The van der Waals surface area contributed by atoms with Crippen LogP contribution in [0.3, 0.4) is 0 Å². The van der Waals surface area contributed by atoms with Gasteiger partial charge in [-0.25, -0.2) is 4.98 Å². The number of amides is 2. The fourth-order valence-corrected chi connectivity index (χ4v) is 3.14. The van der Waals surface area contributed by atoms with E-state index >= 15 is 0 Å². The molecular weight excluding hydrogens is 316 g/mol. The van der Waals surface area contributed by atoms with Gasteiger partial charge in [0.2, 0.25) is 17.8 Å². The summed E-state index contributed by atoms with van der Waals surface area (Å²) in [4.78, 5) is 33.8. The molecule has 1 unspecified atom stereocenters. The van der Waals surface area contributed by atoms with Crippen molar-refractivity contribution < 1.29 is 9.59 Å². The number of rotatable bonds is 4. The van der Waals surface area contributed by atoms with Crippen molar-refractivity contribution in [1.29, 1.82) is 0 Å². The number of benzene rings is 2. The minimum absolute atomic E-state index is 0.00797. The van der Waals surface area contributed by atoms with E-state index in [0.29, 0.717) is 19.0 Å². The molecule has 0 saturated carbocycles. The molecule has 1 aliphatic heterocycles. The van der Waals surface area contributed by atoms with Gasteiger partial charge >= 0.3 is 0 Å². The molecule has 1 fully saturated rings. The van der Waals surface area contributed by atoms with Crippen LogP contribution in [-0.2, 0) is 16.1 Å². The summed E-state index contributed by atoms with van der Waals surface area (Å²) in [5.41, 5.74) is 2.73. The molecule has 25 heavy (non-hydrogen) atoms. The van der Waals surface area contributed by atoms with Crippen LogP contribution >= 0.6 is 0 Å². The fourth-order valence-electron chi connectivity index (χ4n) is 3.14. The standard InChI is InChI=1S/C19H18N4O2/c24-17-10-14(12-23(17)11-13-6-2-1-3-7-13)18(25)22-19-20-15-8-4-5-9-16(15)21-19/h1-9,14H,10-12H2,(H2,20,21,22,25). The number of hydrogen-bond acceptors (Lipinski definition) is 3. The molecule has 0 aliphatic carbocycles. The predicted octanol–water partition coefficient (Wildman–Crippen LogP) is 2.55. The maximum absolute atomic E-state index is 12.5. The van der Waals surface area contributed by atoms with Gasteiger partial charge in [0, 0.05) is 19.5 Å². The molecule has 0 radical (unpaired) electrons. The van der Waals surface area contributed by atoms with Gasteiger partial charge in [-0.15, -0.1) is 0 Å². The molecule has 1 aromatic heterocycles. The molecule has 3 aromatic rings. The van der Waals surface area contributed by atoms with E-state index in [4.69, 9.17) is 0 Å². The number of aromatic amines is 1. The normalized spacial score (nSPS) is 17.2. The van der Waals surface area contributed by atoms with Crippen molar-refractivity contribution in [3.63, 3.8) is 0 Å². The topological polar surface area (TPSA) is 78.1 Å². The number of carbonyl (C=O) groups is 2. The third kappa shape index (κ3) is 3.24. The van der Waals surface area contributed by atoms with Gasteiger partial charge in [0.15, 0.2) is 0 Å². The van der Waals surface area contributed by atoms with Crippen LogP contribution in [0.1, 0.15) is 12.0 Å². The molecule has 2 N–H and O–H groups in total. The SMILES string of the molecule is O=C(Nc1nc2ccccc2[nH]1)C1CC(=O)N(Cc2ccccc2)C1. The van der Waals surface area contributed by atoms with Gasteiger partial charge in [0.25, 0.3) is 0 Å². The van der Waals surface area contributed by atoms with E-state index in [1.165, 1.54) is 0 Å². The molecule has 4 rings (SSSR count). The molecule has 1 saturated heterocycles. The number of nitrogens with zero attached hydrogens (tertiary/aromatic N) is 2. The molecule has 6 nitrogen and oxygen atoms in total. The fraction of sp³-hybridized carbons (Fsp3) is 0.211. The Kier molecular flexibility index (Phi) is 3.93. The van der Waals surface area contributed by atoms with Crippen molar-refractivity contribution in [3.8, 4) is 0 Å². The summed E-state index contributed by atoms with van der Waals surface area (Å²) in [6.45, 7) is 0.966. The zero-order valence-corrected chi connectivity index (χ0v) is 13.6. The molecule has 2 aromatic carbocycles. The number of H-pyrrole nitrogens is 1. The number of fused-ring (bicyclic) bond motifs is 1. The molecule has 1 atom stereocenters. The van der Waals surface area contributed by atoms with E-state index in [1.807, 2.05) is 54.6 Å². The average molecular weight is 334 g/mol. The van der Waals surface area contributed by atoms with E-state index in [2.05, 4.69) is 15.3 Å². The van der Waals surface area contributed by atoms with Crippen LogP contribution in [-0.4, -0.2) is 33.2 Å². The van der Waals surface area contributed by atoms with Gasteiger partial charge in [-0.1, -0.05) is 42.5 Å². The minimum atomic E-state index is -0.357. The van der Waals surface area contributed by atoms with Gasteiger partial charge in [-0.05, 0) is 17.7 Å². The van der Waals surface area contributed by atoms with Crippen molar-refractivity contribution in [2.45, 2.75) is 13.0 Å². The number of nitrogens with one attached hydrogen (secondary N) is 2. The van der Waals surface area contributed by atoms with Crippen LogP contribution in [0, 0.1) is 5.92 Å². The predicted molar refractivity (Wildman–Crippen MR) is 94.7 cm³/mol. The van der Waals surface area contributed by atoms with Crippen LogP contribution in [0.25, 0.3) is 11.0 Å². The van der Waals surface area contributed by atoms with Gasteiger partial charge in [-0.3, -0.25) is 14.9 Å². The lowest BCUT2D eigenvalue weighted by Gasteiger charge is -2.16. The monoisotopic (exact) mass is 334 g/mol. The highest BCUT2D eigenvalue weighted by molar-refractivity contribution is 5.97. The second-order valence-electron chi connectivity index (χ2n) is 6.25. The molecule has 0 bridgehead atoms. The Morgan fingerprint density at radius 2 is 1.92 bits per heavy atom. The van der Waals surface area contributed by atoms with Crippen molar-refractivity contribution in [2.75, 3.05) is 11.9 Å². The van der Waals surface area contributed by atoms with Gasteiger partial charge in [0.1, 0.15) is 0 Å². The Bertz CT molecular complexity index is 886. The van der Waals surface area contributed by atoms with Gasteiger partial charge < -0.3 is 9.88 Å². The maximum atomic E-state index is 12.5. The van der Waals surface area contributed by atoms with E-state index in [9.17, 15) is 9.59 Å². The molecule has 6 heteroatoms. The summed E-state index contributed by atoms with van der Waals surface area (Å²) < 4.78 is 0. The lowest BCUT2D eigenvalue weighted by atomic mass is 10.1. The Balaban J connectivity index is 1.41. The van der Waals surface area contributed by atoms with Crippen LogP contribution in [0.2, 0.25) is 0 Å². The molecule has 1 aliphatic rings. The first-order chi connectivity index (χ1) is 12.2. The van der Waals surface area contributed by atoms with Crippen molar-refractivity contribution >= 4 is 28.8 Å². The molecule has 0 spiro atoms. The number of anilines is 1. The summed E-state index contributed by atoms with van der Waals surface area (Å²) in [7, 11) is 0. The Morgan fingerprint density at radius 3 is 2.72 bits per heavy atom. The number of imidazole rings is 1. The summed E-state index contributed by atoms with van der Waals surface area (Å²) >= 11 is 0. The zero-order valence-electron chi connectivity index (χ0n) is 13.6.